The van der Waals surface area contributed by atoms with Crippen molar-refractivity contribution in [2.75, 3.05) is 18.5 Å². The maximum Gasteiger partial charge on any atom is 0.416 e. The molecule has 0 saturated carbocycles. The van der Waals surface area contributed by atoms with E-state index in [-0.39, 0.29) is 6.61 Å². The van der Waals surface area contributed by atoms with Crippen molar-refractivity contribution in [1.29, 1.82) is 0 Å². The Morgan fingerprint density at radius 3 is 2.53 bits per heavy atom. The van der Waals surface area contributed by atoms with Crippen molar-refractivity contribution in [3.63, 3.8) is 0 Å². The van der Waals surface area contributed by atoms with E-state index in [2.05, 4.69) is 21.4 Å². The summed E-state index contributed by atoms with van der Waals surface area (Å²) in [6.45, 7) is 0.0336. The molecule has 2 atom stereocenters. The van der Waals surface area contributed by atoms with E-state index in [4.69, 9.17) is 5.73 Å². The zero-order valence-electron chi connectivity index (χ0n) is 16.9. The number of nitrogens with two attached hydrogens (primary N) is 1. The van der Waals surface area contributed by atoms with Crippen LogP contribution in [0, 0.1) is 0 Å². The van der Waals surface area contributed by atoms with Crippen molar-refractivity contribution in [3.8, 4) is 10.4 Å². The van der Waals surface area contributed by atoms with Gasteiger partial charge < -0.3 is 16.2 Å². The molecule has 2 heterocycles. The summed E-state index contributed by atoms with van der Waals surface area (Å²) in [5.74, 6) is -0.502. The maximum atomic E-state index is 12.8. The fourth-order valence-corrected chi connectivity index (χ4v) is 4.30. The van der Waals surface area contributed by atoms with Gasteiger partial charge in [-0.1, -0.05) is 35.6 Å². The third-order valence-electron chi connectivity index (χ3n) is 5.30. The number of pyridine rings is 1. The van der Waals surface area contributed by atoms with Crippen LogP contribution in [0.2, 0.25) is 0 Å². The van der Waals surface area contributed by atoms with E-state index in [1.54, 1.807) is 12.4 Å². The van der Waals surface area contributed by atoms with E-state index in [1.165, 1.54) is 23.5 Å². The molecule has 32 heavy (non-hydrogen) atoms. The molecule has 2 unspecified atom stereocenters. The lowest BCUT2D eigenvalue weighted by Crippen LogP contribution is -2.37. The normalized spacial score (nSPS) is 13.8. The third kappa shape index (κ3) is 4.90. The minimum Gasteiger partial charge on any atom is -0.396 e. The maximum absolute atomic E-state index is 12.8. The Kier molecular flexibility index (Phi) is 6.40. The van der Waals surface area contributed by atoms with Gasteiger partial charge in [0.25, 0.3) is 0 Å². The van der Waals surface area contributed by atoms with Gasteiger partial charge in [0.2, 0.25) is 0 Å². The molecule has 4 N–H and O–H groups in total. The van der Waals surface area contributed by atoms with Crippen molar-refractivity contribution >= 4 is 27.2 Å². The Hall–Kier alpha value is -3.01. The van der Waals surface area contributed by atoms with Gasteiger partial charge in [-0.15, -0.1) is 0 Å². The van der Waals surface area contributed by atoms with Crippen molar-refractivity contribution in [2.45, 2.75) is 18.1 Å². The number of alkyl halides is 3. The van der Waals surface area contributed by atoms with Crippen molar-refractivity contribution in [1.82, 2.24) is 9.97 Å². The molecular formula is C23H21F3N4OS. The van der Waals surface area contributed by atoms with Gasteiger partial charge in [0, 0.05) is 42.5 Å². The summed E-state index contributed by atoms with van der Waals surface area (Å²) in [6, 6.07) is 12.3. The number of hydrogen-bond acceptors (Lipinski definition) is 6. The molecule has 0 spiro atoms. The van der Waals surface area contributed by atoms with E-state index in [0.29, 0.717) is 17.2 Å². The second-order valence-corrected chi connectivity index (χ2v) is 8.45. The van der Waals surface area contributed by atoms with Gasteiger partial charge in [-0.3, -0.25) is 4.98 Å². The molecule has 9 heteroatoms. The van der Waals surface area contributed by atoms with Gasteiger partial charge in [0.15, 0.2) is 5.13 Å². The molecule has 0 bridgehead atoms. The number of aliphatic hydroxyl groups is 1. The van der Waals surface area contributed by atoms with E-state index in [1.807, 2.05) is 24.4 Å². The number of fused-ring (bicyclic) bond motifs is 1. The number of aliphatic hydroxyl groups excluding tert-OH is 1. The lowest BCUT2D eigenvalue weighted by atomic mass is 9.92. The highest BCUT2D eigenvalue weighted by Gasteiger charge is 2.30. The molecular weight excluding hydrogens is 437 g/mol. The molecule has 166 valence electrons. The van der Waals surface area contributed by atoms with Crippen LogP contribution in [0.1, 0.15) is 17.0 Å². The summed E-state index contributed by atoms with van der Waals surface area (Å²) >= 11 is 1.48. The second kappa shape index (κ2) is 9.23. The summed E-state index contributed by atoms with van der Waals surface area (Å²) in [5.41, 5.74) is 7.10. The van der Waals surface area contributed by atoms with Crippen LogP contribution in [0.3, 0.4) is 0 Å². The van der Waals surface area contributed by atoms with E-state index < -0.39 is 23.7 Å². The zero-order chi connectivity index (χ0) is 22.7. The lowest BCUT2D eigenvalue weighted by molar-refractivity contribution is -0.137. The van der Waals surface area contributed by atoms with E-state index in [0.717, 1.165) is 33.3 Å². The molecule has 4 aromatic rings. The van der Waals surface area contributed by atoms with Crippen LogP contribution in [0.4, 0.5) is 18.3 Å². The Balaban J connectivity index is 1.42. The molecule has 0 aliphatic heterocycles. The average molecular weight is 459 g/mol. The quantitative estimate of drug-likeness (QED) is 0.367. The monoisotopic (exact) mass is 458 g/mol. The minimum atomic E-state index is -4.40. The van der Waals surface area contributed by atoms with Crippen LogP contribution in [0.15, 0.2) is 67.1 Å². The number of aromatic nitrogens is 2. The number of halogens is 3. The van der Waals surface area contributed by atoms with Gasteiger partial charge in [-0.05, 0) is 40.8 Å². The summed E-state index contributed by atoms with van der Waals surface area (Å²) in [7, 11) is 0. The molecule has 0 saturated heterocycles. The van der Waals surface area contributed by atoms with Gasteiger partial charge >= 0.3 is 6.18 Å². The van der Waals surface area contributed by atoms with Crippen LogP contribution >= 0.6 is 11.3 Å². The first-order valence-electron chi connectivity index (χ1n) is 9.92. The van der Waals surface area contributed by atoms with Crippen LogP contribution in [-0.2, 0) is 6.18 Å². The smallest absolute Gasteiger partial charge is 0.396 e. The first kappa shape index (κ1) is 22.2. The predicted octanol–water partition coefficient (Wildman–Crippen LogP) is 4.89. The molecule has 0 aliphatic carbocycles. The number of anilines is 1. The number of thiazole rings is 1. The van der Waals surface area contributed by atoms with E-state index in [9.17, 15) is 18.3 Å². The van der Waals surface area contributed by atoms with Crippen LogP contribution in [0.25, 0.3) is 21.2 Å². The predicted molar refractivity (Wildman–Crippen MR) is 121 cm³/mol. The summed E-state index contributed by atoms with van der Waals surface area (Å²) in [6.07, 6.45) is 0.942. The number of nitrogens with zero attached hydrogens (tertiary/aromatic N) is 2. The third-order valence-corrected chi connectivity index (χ3v) is 6.30. The number of rotatable bonds is 7. The zero-order valence-corrected chi connectivity index (χ0v) is 17.7. The summed E-state index contributed by atoms with van der Waals surface area (Å²) in [5, 5.41) is 15.8. The first-order valence-corrected chi connectivity index (χ1v) is 10.7. The molecule has 4 rings (SSSR count). The fourth-order valence-electron chi connectivity index (χ4n) is 3.48. The molecule has 0 amide bonds. The fraction of sp³-hybridized carbons (Fsp3) is 0.217. The molecule has 0 aliphatic rings. The number of hydrogen-bond donors (Lipinski definition) is 3. The molecule has 2 aromatic carbocycles. The highest BCUT2D eigenvalue weighted by Crippen LogP contribution is 2.32. The van der Waals surface area contributed by atoms with Gasteiger partial charge in [0.1, 0.15) is 0 Å². The van der Waals surface area contributed by atoms with E-state index >= 15 is 0 Å². The topological polar surface area (TPSA) is 84.1 Å². The Bertz CT molecular complexity index is 1190. The Labute approximate surface area is 186 Å². The molecule has 0 fully saturated rings. The van der Waals surface area contributed by atoms with Crippen molar-refractivity contribution < 1.29 is 18.3 Å². The SMILES string of the molecule is NC(CNc1ncc(-c2ccc3cnccc3c2)s1)C(CO)c1ccc(C(F)(F)F)cc1. The molecule has 5 nitrogen and oxygen atoms in total. The van der Waals surface area contributed by atoms with Crippen LogP contribution in [0.5, 0.6) is 0 Å². The number of benzene rings is 2. The first-order chi connectivity index (χ1) is 15.3. The highest BCUT2D eigenvalue weighted by atomic mass is 32.1. The highest BCUT2D eigenvalue weighted by molar-refractivity contribution is 7.18. The minimum absolute atomic E-state index is 0.275. The van der Waals surface area contributed by atoms with Crippen molar-refractivity contribution in [2.24, 2.45) is 5.73 Å². The molecule has 2 aromatic heterocycles. The Morgan fingerprint density at radius 1 is 1.03 bits per heavy atom. The summed E-state index contributed by atoms with van der Waals surface area (Å²) < 4.78 is 38.3. The van der Waals surface area contributed by atoms with Gasteiger partial charge in [0.05, 0.1) is 17.0 Å². The van der Waals surface area contributed by atoms with Gasteiger partial charge in [-0.25, -0.2) is 4.98 Å². The summed E-state index contributed by atoms with van der Waals surface area (Å²) in [4.78, 5) is 9.50. The standard InChI is InChI=1S/C23H21F3N4OS/c24-23(25,26)18-5-3-14(4-6-18)19(13-31)20(27)11-29-22-30-12-21(32-22)16-1-2-17-10-28-8-7-15(17)9-16/h1-10,12,19-20,31H,11,13,27H2,(H,29,30). The second-order valence-electron chi connectivity index (χ2n) is 7.42. The molecule has 0 radical (unpaired) electrons. The van der Waals surface area contributed by atoms with Crippen molar-refractivity contribution in [3.05, 3.63) is 78.2 Å². The van der Waals surface area contributed by atoms with Crippen LogP contribution < -0.4 is 11.1 Å². The van der Waals surface area contributed by atoms with Gasteiger partial charge in [-0.2, -0.15) is 13.2 Å². The largest absolute Gasteiger partial charge is 0.416 e. The van der Waals surface area contributed by atoms with Crippen LogP contribution in [-0.4, -0.2) is 34.3 Å². The Morgan fingerprint density at radius 2 is 1.81 bits per heavy atom. The lowest BCUT2D eigenvalue weighted by Gasteiger charge is -2.23. The average Bonchev–Trinajstić information content (AvgIpc) is 3.27. The number of nitrogens with one attached hydrogen (secondary N) is 1.